The molecule has 0 amide bonds. The SMILES string of the molecule is CC[C@@H](/C=C/[C@H](C)[C@@H]1CC[C@@H]2[C@@H]3[C@@H](CC[C@]21C)[C@]1(C)CC[C@@H](O)CC1=C[C@@H]3O)C(C)C. The molecule has 4 aliphatic rings. The fraction of sp³-hybridized carbons (Fsp3) is 0.862. The summed E-state index contributed by atoms with van der Waals surface area (Å²) in [6.07, 6.45) is 15.9. The van der Waals surface area contributed by atoms with Crippen LogP contribution in [0.15, 0.2) is 23.8 Å². The molecule has 2 N–H and O–H groups in total. The van der Waals surface area contributed by atoms with E-state index < -0.39 is 0 Å². The smallest absolute Gasteiger partial charge is 0.0757 e. The topological polar surface area (TPSA) is 40.5 Å². The first-order chi connectivity index (χ1) is 14.6. The van der Waals surface area contributed by atoms with Gasteiger partial charge in [0.1, 0.15) is 0 Å². The molecule has 0 radical (unpaired) electrons. The van der Waals surface area contributed by atoms with Crippen LogP contribution in [0, 0.1) is 52.3 Å². The first kappa shape index (κ1) is 23.6. The first-order valence-corrected chi connectivity index (χ1v) is 13.4. The summed E-state index contributed by atoms with van der Waals surface area (Å²) >= 11 is 0. The second-order valence-electron chi connectivity index (χ2n) is 12.6. The van der Waals surface area contributed by atoms with Gasteiger partial charge in [0.05, 0.1) is 12.2 Å². The van der Waals surface area contributed by atoms with Crippen molar-refractivity contribution in [3.8, 4) is 0 Å². The minimum absolute atomic E-state index is 0.194. The third kappa shape index (κ3) is 3.88. The Morgan fingerprint density at radius 1 is 1.00 bits per heavy atom. The molecule has 0 heterocycles. The number of hydrogen-bond donors (Lipinski definition) is 2. The van der Waals surface area contributed by atoms with Gasteiger partial charge in [0.25, 0.3) is 0 Å². The summed E-state index contributed by atoms with van der Waals surface area (Å²) in [7, 11) is 0. The van der Waals surface area contributed by atoms with Crippen LogP contribution in [0.2, 0.25) is 0 Å². The van der Waals surface area contributed by atoms with Crippen LogP contribution in [0.5, 0.6) is 0 Å². The molecule has 0 spiro atoms. The summed E-state index contributed by atoms with van der Waals surface area (Å²) in [5, 5.41) is 21.6. The van der Waals surface area contributed by atoms with Crippen molar-refractivity contribution in [2.24, 2.45) is 52.3 Å². The third-order valence-corrected chi connectivity index (χ3v) is 10.8. The maximum Gasteiger partial charge on any atom is 0.0757 e. The lowest BCUT2D eigenvalue weighted by molar-refractivity contribution is -0.0950. The number of rotatable bonds is 5. The molecule has 2 heteroatoms. The van der Waals surface area contributed by atoms with E-state index in [1.165, 1.54) is 37.7 Å². The lowest BCUT2D eigenvalue weighted by Gasteiger charge is -2.59. The van der Waals surface area contributed by atoms with E-state index in [2.05, 4.69) is 59.8 Å². The van der Waals surface area contributed by atoms with Gasteiger partial charge >= 0.3 is 0 Å². The summed E-state index contributed by atoms with van der Waals surface area (Å²) in [5.41, 5.74) is 1.90. The van der Waals surface area contributed by atoms with Crippen LogP contribution in [0.3, 0.4) is 0 Å². The Hall–Kier alpha value is -0.600. The van der Waals surface area contributed by atoms with Crippen molar-refractivity contribution in [3.63, 3.8) is 0 Å². The van der Waals surface area contributed by atoms with Crippen molar-refractivity contribution in [2.75, 3.05) is 0 Å². The van der Waals surface area contributed by atoms with Gasteiger partial charge < -0.3 is 10.2 Å². The van der Waals surface area contributed by atoms with Crippen LogP contribution >= 0.6 is 0 Å². The summed E-state index contributed by atoms with van der Waals surface area (Å²) in [6, 6.07) is 0. The van der Waals surface area contributed by atoms with E-state index in [1.54, 1.807) is 0 Å². The molecule has 176 valence electrons. The van der Waals surface area contributed by atoms with Crippen molar-refractivity contribution >= 4 is 0 Å². The average Bonchev–Trinajstić information content (AvgIpc) is 3.06. The summed E-state index contributed by atoms with van der Waals surface area (Å²) in [6.45, 7) is 14.5. The van der Waals surface area contributed by atoms with Gasteiger partial charge in [-0.3, -0.25) is 0 Å². The Kier molecular flexibility index (Phi) is 6.56. The Labute approximate surface area is 191 Å². The van der Waals surface area contributed by atoms with Gasteiger partial charge in [-0.25, -0.2) is 0 Å². The fourth-order valence-corrected chi connectivity index (χ4v) is 8.82. The number of aliphatic hydroxyl groups is 2. The van der Waals surface area contributed by atoms with Crippen LogP contribution in [-0.2, 0) is 0 Å². The first-order valence-electron chi connectivity index (χ1n) is 13.4. The lowest BCUT2D eigenvalue weighted by Crippen LogP contribution is -2.54. The van der Waals surface area contributed by atoms with Crippen LogP contribution in [-0.4, -0.2) is 22.4 Å². The third-order valence-electron chi connectivity index (χ3n) is 10.8. The van der Waals surface area contributed by atoms with E-state index in [1.807, 2.05) is 0 Å². The quantitative estimate of drug-likeness (QED) is 0.474. The highest BCUT2D eigenvalue weighted by Gasteiger charge is 2.61. The molecule has 0 aromatic heterocycles. The van der Waals surface area contributed by atoms with Gasteiger partial charge in [-0.15, -0.1) is 0 Å². The Morgan fingerprint density at radius 3 is 2.42 bits per heavy atom. The molecule has 0 aliphatic heterocycles. The second-order valence-corrected chi connectivity index (χ2v) is 12.6. The monoisotopic (exact) mass is 428 g/mol. The highest BCUT2D eigenvalue weighted by molar-refractivity contribution is 5.28. The van der Waals surface area contributed by atoms with Crippen LogP contribution in [0.25, 0.3) is 0 Å². The fourth-order valence-electron chi connectivity index (χ4n) is 8.82. The van der Waals surface area contributed by atoms with Crippen molar-refractivity contribution in [2.45, 2.75) is 105 Å². The molecule has 2 nitrogen and oxygen atoms in total. The minimum Gasteiger partial charge on any atom is -0.393 e. The molecule has 0 saturated heterocycles. The van der Waals surface area contributed by atoms with E-state index in [-0.39, 0.29) is 17.6 Å². The average molecular weight is 429 g/mol. The van der Waals surface area contributed by atoms with Gasteiger partial charge in [0.2, 0.25) is 0 Å². The molecule has 0 aromatic rings. The van der Waals surface area contributed by atoms with E-state index >= 15 is 0 Å². The maximum absolute atomic E-state index is 11.3. The van der Waals surface area contributed by atoms with Gasteiger partial charge in [-0.2, -0.15) is 0 Å². The van der Waals surface area contributed by atoms with E-state index in [9.17, 15) is 10.2 Å². The summed E-state index contributed by atoms with van der Waals surface area (Å²) in [4.78, 5) is 0. The lowest BCUT2D eigenvalue weighted by atomic mass is 9.46. The molecular weight excluding hydrogens is 380 g/mol. The van der Waals surface area contributed by atoms with Crippen LogP contribution in [0.1, 0.15) is 92.9 Å². The van der Waals surface area contributed by atoms with Crippen molar-refractivity contribution < 1.29 is 10.2 Å². The second kappa shape index (κ2) is 8.64. The molecule has 4 rings (SSSR count). The van der Waals surface area contributed by atoms with E-state index in [0.29, 0.717) is 40.9 Å². The predicted molar refractivity (Wildman–Crippen MR) is 130 cm³/mol. The summed E-state index contributed by atoms with van der Waals surface area (Å²) in [5.74, 6) is 4.38. The zero-order chi connectivity index (χ0) is 22.6. The molecule has 3 saturated carbocycles. The summed E-state index contributed by atoms with van der Waals surface area (Å²) < 4.78 is 0. The molecule has 0 aromatic carbocycles. The largest absolute Gasteiger partial charge is 0.393 e. The van der Waals surface area contributed by atoms with Crippen molar-refractivity contribution in [1.29, 1.82) is 0 Å². The number of allylic oxidation sites excluding steroid dienone is 2. The minimum atomic E-state index is -0.321. The molecule has 4 aliphatic carbocycles. The highest BCUT2D eigenvalue weighted by Crippen LogP contribution is 2.67. The maximum atomic E-state index is 11.3. The van der Waals surface area contributed by atoms with E-state index in [4.69, 9.17) is 0 Å². The molecule has 10 atom stereocenters. The standard InChI is InChI=1S/C29H48O2/c1-7-20(18(2)3)9-8-19(4)23-10-11-24-27-25(13-15-29(23,24)6)28(5)14-12-22(30)16-21(28)17-26(27)31/h8-9,17-20,22-27,30-31H,7,10-16H2,1-6H3/b9-8+/t19-,20-,22+,23-,24+,25+,26-,27+,28+,29-/m0/s1. The molecule has 31 heavy (non-hydrogen) atoms. The molecular formula is C29H48O2. The molecule has 3 fully saturated rings. The number of fused-ring (bicyclic) bond motifs is 5. The normalized spacial score (nSPS) is 46.9. The Balaban J connectivity index is 1.56. The van der Waals surface area contributed by atoms with Gasteiger partial charge in [-0.1, -0.05) is 65.3 Å². The highest BCUT2D eigenvalue weighted by atomic mass is 16.3. The number of hydrogen-bond acceptors (Lipinski definition) is 2. The van der Waals surface area contributed by atoms with Crippen LogP contribution < -0.4 is 0 Å². The van der Waals surface area contributed by atoms with Crippen molar-refractivity contribution in [3.05, 3.63) is 23.8 Å². The van der Waals surface area contributed by atoms with Gasteiger partial charge in [0.15, 0.2) is 0 Å². The molecule has 0 unspecified atom stereocenters. The number of aliphatic hydroxyl groups excluding tert-OH is 2. The van der Waals surface area contributed by atoms with Gasteiger partial charge in [-0.05, 0) is 104 Å². The Bertz CT molecular complexity index is 708. The zero-order valence-corrected chi connectivity index (χ0v) is 21.0. The van der Waals surface area contributed by atoms with E-state index in [0.717, 1.165) is 25.2 Å². The Morgan fingerprint density at radius 2 is 1.74 bits per heavy atom. The zero-order valence-electron chi connectivity index (χ0n) is 21.0. The van der Waals surface area contributed by atoms with Crippen LogP contribution in [0.4, 0.5) is 0 Å². The predicted octanol–water partition coefficient (Wildman–Crippen LogP) is 6.77. The molecule has 0 bridgehead atoms. The van der Waals surface area contributed by atoms with Crippen molar-refractivity contribution in [1.82, 2.24) is 0 Å². The van der Waals surface area contributed by atoms with Gasteiger partial charge in [0, 0.05) is 0 Å².